The first-order chi connectivity index (χ1) is 8.70. The first kappa shape index (κ1) is 13.6. The third kappa shape index (κ3) is 3.35. The monoisotopic (exact) mass is 250 g/mol. The van der Waals surface area contributed by atoms with Gasteiger partial charge in [-0.25, -0.2) is 0 Å². The number of aliphatic hydroxyl groups is 1. The molecule has 1 aromatic heterocycles. The van der Waals surface area contributed by atoms with Gasteiger partial charge in [-0.3, -0.25) is 4.68 Å². The molecule has 0 aromatic carbocycles. The molecule has 0 aliphatic heterocycles. The summed E-state index contributed by atoms with van der Waals surface area (Å²) in [5, 5.41) is 14.5. The maximum absolute atomic E-state index is 9.81. The van der Waals surface area contributed by atoms with Gasteiger partial charge in [-0.1, -0.05) is 33.1 Å². The molecule has 1 fully saturated rings. The lowest BCUT2D eigenvalue weighted by molar-refractivity contribution is 0.112. The number of aromatic nitrogens is 2. The van der Waals surface area contributed by atoms with Crippen LogP contribution >= 0.6 is 0 Å². The van der Waals surface area contributed by atoms with Gasteiger partial charge in [0.05, 0.1) is 17.8 Å². The zero-order valence-electron chi connectivity index (χ0n) is 11.7. The van der Waals surface area contributed by atoms with E-state index in [-0.39, 0.29) is 6.10 Å². The van der Waals surface area contributed by atoms with Crippen molar-refractivity contribution in [1.29, 1.82) is 0 Å². The van der Waals surface area contributed by atoms with Crippen LogP contribution < -0.4 is 0 Å². The minimum absolute atomic E-state index is 0.204. The third-order valence-electron chi connectivity index (χ3n) is 4.22. The Kier molecular flexibility index (Phi) is 4.81. The van der Waals surface area contributed by atoms with E-state index in [0.29, 0.717) is 12.0 Å². The summed E-state index contributed by atoms with van der Waals surface area (Å²) in [6.45, 7) is 4.13. The molecule has 18 heavy (non-hydrogen) atoms. The van der Waals surface area contributed by atoms with Crippen LogP contribution in [0.2, 0.25) is 0 Å². The molecule has 1 aromatic rings. The van der Waals surface area contributed by atoms with Crippen molar-refractivity contribution < 1.29 is 5.11 Å². The second-order valence-electron chi connectivity index (χ2n) is 5.74. The maximum Gasteiger partial charge on any atom is 0.0628 e. The maximum atomic E-state index is 9.81. The molecule has 3 heteroatoms. The second kappa shape index (κ2) is 6.37. The Morgan fingerprint density at radius 1 is 1.39 bits per heavy atom. The number of rotatable bonds is 5. The number of hydrogen-bond acceptors (Lipinski definition) is 2. The lowest BCUT2D eigenvalue weighted by Gasteiger charge is -2.22. The number of aliphatic hydroxyl groups excluding tert-OH is 1. The van der Waals surface area contributed by atoms with Gasteiger partial charge in [-0.15, -0.1) is 0 Å². The molecule has 1 N–H and O–H groups in total. The molecule has 1 heterocycles. The minimum atomic E-state index is -0.204. The van der Waals surface area contributed by atoms with E-state index in [1.807, 2.05) is 6.92 Å². The summed E-state index contributed by atoms with van der Waals surface area (Å²) >= 11 is 0. The molecular weight excluding hydrogens is 224 g/mol. The van der Waals surface area contributed by atoms with Crippen molar-refractivity contribution in [2.45, 2.75) is 70.9 Å². The first-order valence-corrected chi connectivity index (χ1v) is 7.42. The van der Waals surface area contributed by atoms with Crippen molar-refractivity contribution in [3.05, 3.63) is 18.0 Å². The summed E-state index contributed by atoms with van der Waals surface area (Å²) in [4.78, 5) is 0. The molecular formula is C15H26N2O. The second-order valence-corrected chi connectivity index (χ2v) is 5.74. The van der Waals surface area contributed by atoms with Crippen LogP contribution in [0.5, 0.6) is 0 Å². The normalized spacial score (nSPS) is 20.8. The average molecular weight is 250 g/mol. The fourth-order valence-corrected chi connectivity index (χ4v) is 2.90. The average Bonchev–Trinajstić information content (AvgIpc) is 2.87. The van der Waals surface area contributed by atoms with Crippen LogP contribution in [0.25, 0.3) is 0 Å². The fourth-order valence-electron chi connectivity index (χ4n) is 2.90. The van der Waals surface area contributed by atoms with Crippen LogP contribution in [0.1, 0.15) is 64.1 Å². The Balaban J connectivity index is 1.93. The molecule has 102 valence electrons. The van der Waals surface area contributed by atoms with Gasteiger partial charge in [0, 0.05) is 6.20 Å². The van der Waals surface area contributed by atoms with Gasteiger partial charge in [-0.05, 0) is 37.7 Å². The van der Waals surface area contributed by atoms with Crippen LogP contribution in [-0.4, -0.2) is 21.0 Å². The van der Waals surface area contributed by atoms with Crippen LogP contribution in [0.4, 0.5) is 0 Å². The zero-order chi connectivity index (χ0) is 13.0. The molecule has 0 amide bonds. The van der Waals surface area contributed by atoms with Gasteiger partial charge in [0.2, 0.25) is 0 Å². The van der Waals surface area contributed by atoms with E-state index in [0.717, 1.165) is 18.5 Å². The summed E-state index contributed by atoms with van der Waals surface area (Å²) in [7, 11) is 0. The topological polar surface area (TPSA) is 38.0 Å². The van der Waals surface area contributed by atoms with Gasteiger partial charge in [0.15, 0.2) is 0 Å². The lowest BCUT2D eigenvalue weighted by atomic mass is 9.96. The van der Waals surface area contributed by atoms with Crippen molar-refractivity contribution in [1.82, 2.24) is 9.78 Å². The van der Waals surface area contributed by atoms with Gasteiger partial charge in [0.1, 0.15) is 0 Å². The van der Waals surface area contributed by atoms with E-state index in [9.17, 15) is 5.11 Å². The quantitative estimate of drug-likeness (QED) is 0.870. The van der Waals surface area contributed by atoms with Crippen molar-refractivity contribution in [2.24, 2.45) is 5.92 Å². The minimum Gasteiger partial charge on any atom is -0.393 e. The van der Waals surface area contributed by atoms with Gasteiger partial charge in [-0.2, -0.15) is 5.10 Å². The SMILES string of the molecule is CCC(O)C(C)Cc1ccn(C2CCCCC2)n1. The van der Waals surface area contributed by atoms with Crippen LogP contribution in [0.15, 0.2) is 12.3 Å². The summed E-state index contributed by atoms with van der Waals surface area (Å²) < 4.78 is 2.15. The predicted octanol–water partition coefficient (Wildman–Crippen LogP) is 3.34. The first-order valence-electron chi connectivity index (χ1n) is 7.42. The van der Waals surface area contributed by atoms with E-state index in [1.165, 1.54) is 32.1 Å². The molecule has 0 radical (unpaired) electrons. The molecule has 2 atom stereocenters. The van der Waals surface area contributed by atoms with Crippen molar-refractivity contribution in [3.8, 4) is 0 Å². The summed E-state index contributed by atoms with van der Waals surface area (Å²) in [5.41, 5.74) is 1.13. The highest BCUT2D eigenvalue weighted by Crippen LogP contribution is 2.27. The molecule has 1 saturated carbocycles. The third-order valence-corrected chi connectivity index (χ3v) is 4.22. The number of nitrogens with zero attached hydrogens (tertiary/aromatic N) is 2. The molecule has 0 bridgehead atoms. The van der Waals surface area contributed by atoms with Crippen molar-refractivity contribution in [3.63, 3.8) is 0 Å². The van der Waals surface area contributed by atoms with Crippen molar-refractivity contribution >= 4 is 0 Å². The molecule has 0 spiro atoms. The highest BCUT2D eigenvalue weighted by Gasteiger charge is 2.18. The van der Waals surface area contributed by atoms with E-state index in [2.05, 4.69) is 23.9 Å². The highest BCUT2D eigenvalue weighted by atomic mass is 16.3. The Labute approximate surface area is 110 Å². The Hall–Kier alpha value is -0.830. The Bertz CT molecular complexity index is 355. The van der Waals surface area contributed by atoms with Gasteiger partial charge < -0.3 is 5.11 Å². The zero-order valence-corrected chi connectivity index (χ0v) is 11.7. The summed E-state index contributed by atoms with van der Waals surface area (Å²) in [6, 6.07) is 2.73. The predicted molar refractivity (Wildman–Crippen MR) is 73.5 cm³/mol. The molecule has 2 unspecified atom stereocenters. The lowest BCUT2D eigenvalue weighted by Crippen LogP contribution is -2.19. The molecule has 3 nitrogen and oxygen atoms in total. The van der Waals surface area contributed by atoms with E-state index in [4.69, 9.17) is 5.10 Å². The van der Waals surface area contributed by atoms with E-state index in [1.54, 1.807) is 0 Å². The smallest absolute Gasteiger partial charge is 0.0628 e. The standard InChI is InChI=1S/C15H26N2O/c1-3-15(18)12(2)11-13-9-10-17(16-13)14-7-5-4-6-8-14/h9-10,12,14-15,18H,3-8,11H2,1-2H3. The highest BCUT2D eigenvalue weighted by molar-refractivity contribution is 5.01. The molecule has 1 aliphatic rings. The van der Waals surface area contributed by atoms with E-state index < -0.39 is 0 Å². The van der Waals surface area contributed by atoms with Crippen LogP contribution in [0.3, 0.4) is 0 Å². The van der Waals surface area contributed by atoms with Gasteiger partial charge >= 0.3 is 0 Å². The Morgan fingerprint density at radius 3 is 2.78 bits per heavy atom. The molecule has 0 saturated heterocycles. The molecule has 1 aliphatic carbocycles. The van der Waals surface area contributed by atoms with Gasteiger partial charge in [0.25, 0.3) is 0 Å². The van der Waals surface area contributed by atoms with E-state index >= 15 is 0 Å². The summed E-state index contributed by atoms with van der Waals surface area (Å²) in [6.07, 6.45) is 10.2. The fraction of sp³-hybridized carbons (Fsp3) is 0.800. The van der Waals surface area contributed by atoms with Crippen LogP contribution in [-0.2, 0) is 6.42 Å². The number of hydrogen-bond donors (Lipinski definition) is 1. The Morgan fingerprint density at radius 2 is 2.11 bits per heavy atom. The largest absolute Gasteiger partial charge is 0.393 e. The van der Waals surface area contributed by atoms with Crippen molar-refractivity contribution in [2.75, 3.05) is 0 Å². The molecule has 2 rings (SSSR count). The van der Waals surface area contributed by atoms with Crippen LogP contribution in [0, 0.1) is 5.92 Å². The summed E-state index contributed by atoms with van der Waals surface area (Å²) in [5.74, 6) is 0.296.